The zero-order valence-electron chi connectivity index (χ0n) is 19.3. The Bertz CT molecular complexity index is 1560. The maximum atomic E-state index is 13.5. The topological polar surface area (TPSA) is 79.6 Å². The van der Waals surface area contributed by atoms with Crippen molar-refractivity contribution in [1.29, 1.82) is 0 Å². The zero-order chi connectivity index (χ0) is 26.4. The van der Waals surface area contributed by atoms with E-state index in [1.165, 1.54) is 62.6 Å². The molecule has 0 aliphatic rings. The fourth-order valence-electron chi connectivity index (χ4n) is 3.80. The van der Waals surface area contributed by atoms with Crippen LogP contribution in [0.5, 0.6) is 0 Å². The van der Waals surface area contributed by atoms with Gasteiger partial charge in [0.05, 0.1) is 23.1 Å². The van der Waals surface area contributed by atoms with Crippen molar-refractivity contribution in [2.75, 3.05) is 24.7 Å². The van der Waals surface area contributed by atoms with E-state index in [0.29, 0.717) is 16.5 Å². The van der Waals surface area contributed by atoms with E-state index < -0.39 is 33.5 Å². The van der Waals surface area contributed by atoms with E-state index >= 15 is 0 Å². The van der Waals surface area contributed by atoms with Gasteiger partial charge in [0.1, 0.15) is 17.2 Å². The number of hydrogen-bond donors (Lipinski definition) is 1. The summed E-state index contributed by atoms with van der Waals surface area (Å²) < 4.78 is 84.4. The molecular formula is C25H20F4N2O4S. The molecule has 1 amide bonds. The van der Waals surface area contributed by atoms with Crippen LogP contribution in [0.15, 0.2) is 65.1 Å². The van der Waals surface area contributed by atoms with Crippen LogP contribution in [-0.4, -0.2) is 34.7 Å². The molecule has 188 valence electrons. The lowest BCUT2D eigenvalue weighted by atomic mass is 9.97. The average Bonchev–Trinajstić information content (AvgIpc) is 3.20. The predicted molar refractivity (Wildman–Crippen MR) is 129 cm³/mol. The highest BCUT2D eigenvalue weighted by Crippen LogP contribution is 2.42. The molecule has 0 radical (unpaired) electrons. The molecule has 0 aliphatic carbocycles. The first-order valence-corrected chi connectivity index (χ1v) is 12.4. The van der Waals surface area contributed by atoms with Crippen LogP contribution in [0.25, 0.3) is 33.4 Å². The summed E-state index contributed by atoms with van der Waals surface area (Å²) in [5, 5.41) is 2.82. The van der Waals surface area contributed by atoms with Gasteiger partial charge in [0.15, 0.2) is 0 Å². The smallest absolute Gasteiger partial charge is 0.416 e. The summed E-state index contributed by atoms with van der Waals surface area (Å²) in [7, 11) is -1.06. The number of benzene rings is 3. The van der Waals surface area contributed by atoms with Gasteiger partial charge in [-0.2, -0.15) is 13.2 Å². The molecule has 4 rings (SSSR count). The second-order valence-electron chi connectivity index (χ2n) is 8.06. The number of fused-ring (bicyclic) bond motifs is 1. The summed E-state index contributed by atoms with van der Waals surface area (Å²) in [5.41, 5.74) is 0.504. The Morgan fingerprint density at radius 1 is 0.972 bits per heavy atom. The molecule has 0 saturated carbocycles. The van der Waals surface area contributed by atoms with Crippen molar-refractivity contribution >= 4 is 32.6 Å². The lowest BCUT2D eigenvalue weighted by Crippen LogP contribution is -2.25. The molecule has 36 heavy (non-hydrogen) atoms. The van der Waals surface area contributed by atoms with E-state index in [4.69, 9.17) is 4.42 Å². The van der Waals surface area contributed by atoms with Crippen LogP contribution >= 0.6 is 0 Å². The van der Waals surface area contributed by atoms with Gasteiger partial charge in [-0.15, -0.1) is 0 Å². The van der Waals surface area contributed by atoms with E-state index in [2.05, 4.69) is 5.32 Å². The number of alkyl halides is 3. The number of hydrogen-bond acceptors (Lipinski definition) is 4. The van der Waals surface area contributed by atoms with Gasteiger partial charge in [-0.05, 0) is 48.0 Å². The van der Waals surface area contributed by atoms with Crippen LogP contribution in [0.1, 0.15) is 15.9 Å². The van der Waals surface area contributed by atoms with Crippen LogP contribution in [-0.2, 0) is 16.2 Å². The maximum absolute atomic E-state index is 13.5. The number of carbonyl (C=O) groups is 1. The van der Waals surface area contributed by atoms with E-state index in [1.54, 1.807) is 0 Å². The molecule has 6 nitrogen and oxygen atoms in total. The summed E-state index contributed by atoms with van der Waals surface area (Å²) in [6, 6.07) is 12.4. The Kier molecular flexibility index (Phi) is 6.29. The Balaban J connectivity index is 2.04. The van der Waals surface area contributed by atoms with Crippen molar-refractivity contribution < 1.29 is 35.2 Å². The van der Waals surface area contributed by atoms with Crippen LogP contribution in [0, 0.1) is 5.82 Å². The lowest BCUT2D eigenvalue weighted by Gasteiger charge is -2.21. The number of amides is 1. The minimum Gasteiger partial charge on any atom is -0.455 e. The van der Waals surface area contributed by atoms with Crippen LogP contribution in [0.4, 0.5) is 23.2 Å². The van der Waals surface area contributed by atoms with Crippen molar-refractivity contribution in [3.8, 4) is 22.5 Å². The first kappa shape index (κ1) is 25.2. The molecule has 4 aromatic rings. The average molecular weight is 521 g/mol. The van der Waals surface area contributed by atoms with Gasteiger partial charge in [0, 0.05) is 36.7 Å². The summed E-state index contributed by atoms with van der Waals surface area (Å²) in [6.07, 6.45) is -3.56. The van der Waals surface area contributed by atoms with Gasteiger partial charge in [-0.3, -0.25) is 9.10 Å². The highest BCUT2D eigenvalue weighted by molar-refractivity contribution is 7.92. The number of anilines is 1. The van der Waals surface area contributed by atoms with E-state index in [1.807, 2.05) is 0 Å². The number of nitrogens with one attached hydrogen (secondary N) is 1. The molecular weight excluding hydrogens is 500 g/mol. The third-order valence-electron chi connectivity index (χ3n) is 5.73. The SMILES string of the molecule is CNC(=O)c1c(-c2ccc(F)cc2)oc2cc(N(C)S(C)(=O)=O)c(-c3ccc(C(F)(F)F)cc3)cc12. The van der Waals surface area contributed by atoms with Gasteiger partial charge in [0.2, 0.25) is 10.0 Å². The molecule has 3 aromatic carbocycles. The normalized spacial score (nSPS) is 12.1. The summed E-state index contributed by atoms with van der Waals surface area (Å²) >= 11 is 0. The minimum absolute atomic E-state index is 0.112. The zero-order valence-corrected chi connectivity index (χ0v) is 20.1. The standard InChI is InChI=1S/C25H20F4N2O4S/c1-30-24(32)22-19-12-18(14-4-8-16(9-5-14)25(27,28)29)20(31(2)36(3,33)34)13-21(19)35-23(22)15-6-10-17(26)11-7-15/h4-13H,1-3H3,(H,30,32). The molecule has 0 bridgehead atoms. The van der Waals surface area contributed by atoms with Gasteiger partial charge >= 0.3 is 6.18 Å². The molecule has 0 fully saturated rings. The van der Waals surface area contributed by atoms with Crippen LogP contribution in [0.2, 0.25) is 0 Å². The van der Waals surface area contributed by atoms with Crippen molar-refractivity contribution in [1.82, 2.24) is 5.32 Å². The molecule has 1 heterocycles. The Labute approximate surface area is 204 Å². The minimum atomic E-state index is -4.55. The van der Waals surface area contributed by atoms with Crippen LogP contribution in [0.3, 0.4) is 0 Å². The fourth-order valence-corrected chi connectivity index (χ4v) is 4.30. The number of rotatable bonds is 5. The Hall–Kier alpha value is -3.86. The van der Waals surface area contributed by atoms with Crippen LogP contribution < -0.4 is 9.62 Å². The highest BCUT2D eigenvalue weighted by Gasteiger charge is 2.31. The quantitative estimate of drug-likeness (QED) is 0.344. The largest absolute Gasteiger partial charge is 0.455 e. The third-order valence-corrected chi connectivity index (χ3v) is 6.92. The molecule has 0 atom stereocenters. The number of halogens is 4. The van der Waals surface area contributed by atoms with E-state index in [0.717, 1.165) is 22.7 Å². The van der Waals surface area contributed by atoms with E-state index in [-0.39, 0.29) is 28.2 Å². The molecule has 1 N–H and O–H groups in total. The van der Waals surface area contributed by atoms with Gasteiger partial charge in [-0.1, -0.05) is 12.1 Å². The monoisotopic (exact) mass is 520 g/mol. The fraction of sp³-hybridized carbons (Fsp3) is 0.160. The van der Waals surface area contributed by atoms with Crippen molar-refractivity contribution in [3.05, 3.63) is 77.6 Å². The first-order valence-electron chi connectivity index (χ1n) is 10.5. The second kappa shape index (κ2) is 8.98. The number of sulfonamides is 1. The number of furan rings is 1. The molecule has 11 heteroatoms. The first-order chi connectivity index (χ1) is 16.8. The molecule has 0 aliphatic heterocycles. The second-order valence-corrected chi connectivity index (χ2v) is 10.1. The molecule has 0 unspecified atom stereocenters. The molecule has 1 aromatic heterocycles. The summed E-state index contributed by atoms with van der Waals surface area (Å²) in [6.45, 7) is 0. The maximum Gasteiger partial charge on any atom is 0.416 e. The lowest BCUT2D eigenvalue weighted by molar-refractivity contribution is -0.137. The van der Waals surface area contributed by atoms with Gasteiger partial charge < -0.3 is 9.73 Å². The number of nitrogens with zero attached hydrogens (tertiary/aromatic N) is 1. The molecule has 0 spiro atoms. The molecule has 0 saturated heterocycles. The predicted octanol–water partition coefficient (Wildman–Crippen LogP) is 5.68. The Morgan fingerprint density at radius 2 is 1.56 bits per heavy atom. The summed E-state index contributed by atoms with van der Waals surface area (Å²) in [4.78, 5) is 12.9. The van der Waals surface area contributed by atoms with E-state index in [9.17, 15) is 30.8 Å². The summed E-state index contributed by atoms with van der Waals surface area (Å²) in [5.74, 6) is -0.879. The number of carbonyl (C=O) groups excluding carboxylic acids is 1. The van der Waals surface area contributed by atoms with Gasteiger partial charge in [-0.25, -0.2) is 12.8 Å². The Morgan fingerprint density at radius 3 is 2.08 bits per heavy atom. The van der Waals surface area contributed by atoms with Crippen molar-refractivity contribution in [2.24, 2.45) is 0 Å². The van der Waals surface area contributed by atoms with Crippen molar-refractivity contribution in [3.63, 3.8) is 0 Å². The highest BCUT2D eigenvalue weighted by atomic mass is 32.2. The van der Waals surface area contributed by atoms with Gasteiger partial charge in [0.25, 0.3) is 5.91 Å². The third kappa shape index (κ3) is 4.66. The van der Waals surface area contributed by atoms with Crippen molar-refractivity contribution in [2.45, 2.75) is 6.18 Å².